The number of likely N-dealkylation sites (N-methyl/N-ethyl adjacent to an activating group) is 1. The Morgan fingerprint density at radius 3 is 2.52 bits per heavy atom. The van der Waals surface area contributed by atoms with Gasteiger partial charge in [0.25, 0.3) is 0 Å². The fourth-order valence-electron chi connectivity index (χ4n) is 3.40. The van der Waals surface area contributed by atoms with Gasteiger partial charge in [-0.3, -0.25) is 0 Å². The summed E-state index contributed by atoms with van der Waals surface area (Å²) in [4.78, 5) is 6.89. The Hall–Kier alpha value is -3.13. The molecule has 2 N–H and O–H groups in total. The summed E-state index contributed by atoms with van der Waals surface area (Å²) < 4.78 is 21.7. The molecule has 3 rings (SSSR count). The Morgan fingerprint density at radius 2 is 1.81 bits per heavy atom. The van der Waals surface area contributed by atoms with Gasteiger partial charge in [0.2, 0.25) is 6.79 Å². The van der Waals surface area contributed by atoms with Crippen molar-refractivity contribution in [3.8, 4) is 23.0 Å². The van der Waals surface area contributed by atoms with E-state index in [4.69, 9.17) is 23.9 Å². The van der Waals surface area contributed by atoms with Gasteiger partial charge in [0.05, 0.1) is 26.8 Å². The Labute approximate surface area is 184 Å². The first-order valence-corrected chi connectivity index (χ1v) is 10.3. The molecule has 2 aromatic carbocycles. The van der Waals surface area contributed by atoms with Crippen molar-refractivity contribution in [1.29, 1.82) is 0 Å². The van der Waals surface area contributed by atoms with Crippen molar-refractivity contribution >= 4 is 5.96 Å². The van der Waals surface area contributed by atoms with Crippen molar-refractivity contribution in [2.75, 3.05) is 48.2 Å². The molecule has 0 bridgehead atoms. The predicted octanol–water partition coefficient (Wildman–Crippen LogP) is 2.79. The van der Waals surface area contributed by atoms with Gasteiger partial charge >= 0.3 is 0 Å². The largest absolute Gasteiger partial charge is 0.493 e. The molecule has 1 unspecified atom stereocenters. The molecular formula is C23H32N4O4. The second kappa shape index (κ2) is 10.8. The quantitative estimate of drug-likeness (QED) is 0.470. The molecule has 31 heavy (non-hydrogen) atoms. The third-order valence-electron chi connectivity index (χ3n) is 5.08. The maximum Gasteiger partial charge on any atom is 0.231 e. The first-order chi connectivity index (χ1) is 15.0. The van der Waals surface area contributed by atoms with Crippen molar-refractivity contribution in [3.05, 3.63) is 47.5 Å². The van der Waals surface area contributed by atoms with Crippen LogP contribution in [0.3, 0.4) is 0 Å². The van der Waals surface area contributed by atoms with Crippen LogP contribution in [0.15, 0.2) is 41.4 Å². The highest BCUT2D eigenvalue weighted by Gasteiger charge is 2.17. The highest BCUT2D eigenvalue weighted by molar-refractivity contribution is 5.79. The molecule has 0 saturated carbocycles. The summed E-state index contributed by atoms with van der Waals surface area (Å²) in [5.74, 6) is 3.74. The Kier molecular flexibility index (Phi) is 7.83. The number of fused-ring (bicyclic) bond motifs is 1. The van der Waals surface area contributed by atoms with Gasteiger partial charge in [0.1, 0.15) is 0 Å². The zero-order chi connectivity index (χ0) is 22.2. The predicted molar refractivity (Wildman–Crippen MR) is 121 cm³/mol. The van der Waals surface area contributed by atoms with E-state index in [1.165, 1.54) is 0 Å². The Balaban J connectivity index is 1.70. The van der Waals surface area contributed by atoms with Crippen LogP contribution in [0.4, 0.5) is 0 Å². The van der Waals surface area contributed by atoms with Gasteiger partial charge < -0.3 is 34.5 Å². The van der Waals surface area contributed by atoms with E-state index in [1.54, 1.807) is 14.2 Å². The lowest BCUT2D eigenvalue weighted by Crippen LogP contribution is -2.41. The summed E-state index contributed by atoms with van der Waals surface area (Å²) in [6, 6.07) is 12.0. The number of aliphatic imine (C=N–C) groups is 1. The van der Waals surface area contributed by atoms with E-state index in [-0.39, 0.29) is 12.8 Å². The van der Waals surface area contributed by atoms with Gasteiger partial charge in [-0.1, -0.05) is 12.1 Å². The van der Waals surface area contributed by atoms with E-state index in [0.717, 1.165) is 46.6 Å². The Morgan fingerprint density at radius 1 is 1.03 bits per heavy atom. The lowest BCUT2D eigenvalue weighted by atomic mass is 10.1. The maximum atomic E-state index is 5.47. The molecule has 1 atom stereocenters. The molecule has 0 spiro atoms. The number of ether oxygens (including phenoxy) is 4. The van der Waals surface area contributed by atoms with Crippen LogP contribution in [0, 0.1) is 0 Å². The van der Waals surface area contributed by atoms with Crippen LogP contribution in [0.5, 0.6) is 23.0 Å². The third kappa shape index (κ3) is 5.73. The molecule has 0 amide bonds. The SMILES string of the molecule is CCNC(=NCc1ccc2c(c1)OCO2)NCC(c1ccc(OC)c(OC)c1)N(C)C. The lowest BCUT2D eigenvalue weighted by molar-refractivity contribution is 0.174. The number of methoxy groups -OCH3 is 2. The number of hydrogen-bond donors (Lipinski definition) is 2. The second-order valence-electron chi connectivity index (χ2n) is 7.36. The molecule has 0 fully saturated rings. The summed E-state index contributed by atoms with van der Waals surface area (Å²) in [5.41, 5.74) is 2.19. The summed E-state index contributed by atoms with van der Waals surface area (Å²) in [5, 5.41) is 6.77. The average molecular weight is 429 g/mol. The highest BCUT2D eigenvalue weighted by atomic mass is 16.7. The molecule has 8 nitrogen and oxygen atoms in total. The molecule has 1 aliphatic rings. The van der Waals surface area contributed by atoms with Gasteiger partial charge in [0, 0.05) is 13.1 Å². The molecule has 1 aliphatic heterocycles. The van der Waals surface area contributed by atoms with Gasteiger partial charge in [-0.05, 0) is 56.4 Å². The van der Waals surface area contributed by atoms with Crippen molar-refractivity contribution in [2.24, 2.45) is 4.99 Å². The summed E-state index contributed by atoms with van der Waals surface area (Å²) in [6.07, 6.45) is 0. The van der Waals surface area contributed by atoms with Crippen molar-refractivity contribution in [2.45, 2.75) is 19.5 Å². The minimum Gasteiger partial charge on any atom is -0.493 e. The summed E-state index contributed by atoms with van der Waals surface area (Å²) in [7, 11) is 7.40. The van der Waals surface area contributed by atoms with E-state index in [0.29, 0.717) is 13.1 Å². The van der Waals surface area contributed by atoms with E-state index in [2.05, 4.69) is 42.6 Å². The number of nitrogens with zero attached hydrogens (tertiary/aromatic N) is 2. The van der Waals surface area contributed by atoms with Crippen LogP contribution in [0.25, 0.3) is 0 Å². The van der Waals surface area contributed by atoms with Gasteiger partial charge in [-0.2, -0.15) is 0 Å². The van der Waals surface area contributed by atoms with Crippen molar-refractivity contribution < 1.29 is 18.9 Å². The number of guanidine groups is 1. The number of hydrogen-bond acceptors (Lipinski definition) is 6. The fourth-order valence-corrected chi connectivity index (χ4v) is 3.40. The smallest absolute Gasteiger partial charge is 0.231 e. The molecule has 2 aromatic rings. The summed E-state index contributed by atoms with van der Waals surface area (Å²) in [6.45, 7) is 4.31. The van der Waals surface area contributed by atoms with E-state index >= 15 is 0 Å². The zero-order valence-electron chi connectivity index (χ0n) is 18.9. The number of benzene rings is 2. The van der Waals surface area contributed by atoms with Crippen LogP contribution in [0.1, 0.15) is 24.1 Å². The molecule has 0 aliphatic carbocycles. The van der Waals surface area contributed by atoms with Crippen LogP contribution in [-0.4, -0.2) is 59.1 Å². The van der Waals surface area contributed by atoms with E-state index in [9.17, 15) is 0 Å². The number of rotatable bonds is 9. The maximum absolute atomic E-state index is 5.47. The van der Waals surface area contributed by atoms with Crippen LogP contribution in [-0.2, 0) is 6.54 Å². The van der Waals surface area contributed by atoms with Gasteiger partial charge in [0.15, 0.2) is 29.0 Å². The van der Waals surface area contributed by atoms with E-state index in [1.807, 2.05) is 30.3 Å². The van der Waals surface area contributed by atoms with Crippen LogP contribution < -0.4 is 29.6 Å². The normalized spacial score (nSPS) is 13.8. The Bertz CT molecular complexity index is 901. The lowest BCUT2D eigenvalue weighted by Gasteiger charge is -2.26. The van der Waals surface area contributed by atoms with E-state index < -0.39 is 0 Å². The van der Waals surface area contributed by atoms with Crippen molar-refractivity contribution in [3.63, 3.8) is 0 Å². The summed E-state index contributed by atoms with van der Waals surface area (Å²) >= 11 is 0. The zero-order valence-corrected chi connectivity index (χ0v) is 18.9. The minimum atomic E-state index is 0.120. The number of nitrogens with one attached hydrogen (secondary N) is 2. The topological polar surface area (TPSA) is 76.6 Å². The van der Waals surface area contributed by atoms with Crippen LogP contribution in [0.2, 0.25) is 0 Å². The molecule has 0 aromatic heterocycles. The van der Waals surface area contributed by atoms with Crippen LogP contribution >= 0.6 is 0 Å². The minimum absolute atomic E-state index is 0.120. The molecule has 0 saturated heterocycles. The molecular weight excluding hydrogens is 396 g/mol. The standard InChI is InChI=1S/C23H32N4O4/c1-6-24-23(25-13-16-7-9-20-22(11-16)31-15-30-20)26-14-18(27(2)3)17-8-10-19(28-4)21(12-17)29-5/h7-12,18H,6,13-15H2,1-5H3,(H2,24,25,26). The molecule has 8 heteroatoms. The molecule has 168 valence electrons. The van der Waals surface area contributed by atoms with Gasteiger partial charge in [-0.25, -0.2) is 4.99 Å². The first kappa shape index (κ1) is 22.6. The average Bonchev–Trinajstić information content (AvgIpc) is 3.25. The highest BCUT2D eigenvalue weighted by Crippen LogP contribution is 2.33. The monoisotopic (exact) mass is 428 g/mol. The second-order valence-corrected chi connectivity index (χ2v) is 7.36. The fraction of sp³-hybridized carbons (Fsp3) is 0.435. The van der Waals surface area contributed by atoms with Crippen molar-refractivity contribution in [1.82, 2.24) is 15.5 Å². The molecule has 1 heterocycles. The molecule has 0 radical (unpaired) electrons. The third-order valence-corrected chi connectivity index (χ3v) is 5.08. The first-order valence-electron chi connectivity index (χ1n) is 10.3. The van der Waals surface area contributed by atoms with Gasteiger partial charge in [-0.15, -0.1) is 0 Å².